The summed E-state index contributed by atoms with van der Waals surface area (Å²) in [7, 11) is 0. The van der Waals surface area contributed by atoms with Gasteiger partial charge in [-0.3, -0.25) is 0 Å². The molecule has 1 heterocycles. The van der Waals surface area contributed by atoms with Crippen LogP contribution >= 0.6 is 0 Å². The van der Waals surface area contributed by atoms with Gasteiger partial charge in [-0.05, 0) is 31.1 Å². The molecule has 2 heteroatoms. The molecule has 1 aliphatic heterocycles. The van der Waals surface area contributed by atoms with Crippen LogP contribution in [0.25, 0.3) is 0 Å². The number of nitriles is 1. The fraction of sp³-hybridized carbons (Fsp3) is 0.917. The van der Waals surface area contributed by atoms with E-state index in [2.05, 4.69) is 13.0 Å². The topological polar surface area (TPSA) is 33.0 Å². The molecule has 0 bridgehead atoms. The molecule has 0 radical (unpaired) electrons. The Hall–Kier alpha value is -0.550. The van der Waals surface area contributed by atoms with Crippen molar-refractivity contribution in [3.05, 3.63) is 0 Å². The fourth-order valence-corrected chi connectivity index (χ4v) is 3.11. The largest absolute Gasteiger partial charge is 0.375 e. The standard InChI is InChI=1S/C12H19NO/c1-11(6-8-13)7-9-14-12(10-11)4-2-3-5-12/h2-7,9-10H2,1H3. The van der Waals surface area contributed by atoms with Gasteiger partial charge in [0.2, 0.25) is 0 Å². The Labute approximate surface area is 86.2 Å². The third-order valence-electron chi connectivity index (χ3n) is 3.88. The first-order valence-corrected chi connectivity index (χ1v) is 5.69. The van der Waals surface area contributed by atoms with E-state index in [-0.39, 0.29) is 11.0 Å². The molecular formula is C12H19NO. The summed E-state index contributed by atoms with van der Waals surface area (Å²) < 4.78 is 5.96. The van der Waals surface area contributed by atoms with E-state index >= 15 is 0 Å². The van der Waals surface area contributed by atoms with E-state index in [1.54, 1.807) is 0 Å². The highest BCUT2D eigenvalue weighted by Crippen LogP contribution is 2.48. The molecule has 1 saturated heterocycles. The lowest BCUT2D eigenvalue weighted by Gasteiger charge is -2.43. The summed E-state index contributed by atoms with van der Waals surface area (Å²) in [6.45, 7) is 3.11. The molecule has 0 N–H and O–H groups in total. The van der Waals surface area contributed by atoms with Gasteiger partial charge in [-0.25, -0.2) is 0 Å². The van der Waals surface area contributed by atoms with E-state index in [1.165, 1.54) is 25.7 Å². The molecule has 78 valence electrons. The summed E-state index contributed by atoms with van der Waals surface area (Å²) in [6, 6.07) is 2.33. The highest BCUT2D eigenvalue weighted by molar-refractivity contribution is 4.98. The number of ether oxygens (including phenoxy) is 1. The molecule has 14 heavy (non-hydrogen) atoms. The van der Waals surface area contributed by atoms with Crippen molar-refractivity contribution in [2.24, 2.45) is 5.41 Å². The van der Waals surface area contributed by atoms with Gasteiger partial charge < -0.3 is 4.74 Å². The number of nitrogens with zero attached hydrogens (tertiary/aromatic N) is 1. The maximum Gasteiger partial charge on any atom is 0.0688 e. The quantitative estimate of drug-likeness (QED) is 0.641. The second-order valence-electron chi connectivity index (χ2n) is 5.31. The molecule has 2 fully saturated rings. The van der Waals surface area contributed by atoms with Gasteiger partial charge in [-0.1, -0.05) is 19.8 Å². The summed E-state index contributed by atoms with van der Waals surface area (Å²) >= 11 is 0. The van der Waals surface area contributed by atoms with Crippen LogP contribution < -0.4 is 0 Å². The van der Waals surface area contributed by atoms with Crippen LogP contribution in [0.3, 0.4) is 0 Å². The van der Waals surface area contributed by atoms with E-state index < -0.39 is 0 Å². The molecule has 0 aromatic rings. The van der Waals surface area contributed by atoms with Gasteiger partial charge in [0.1, 0.15) is 0 Å². The van der Waals surface area contributed by atoms with E-state index in [0.29, 0.717) is 6.42 Å². The predicted molar refractivity (Wildman–Crippen MR) is 54.7 cm³/mol. The van der Waals surface area contributed by atoms with Gasteiger partial charge >= 0.3 is 0 Å². The Morgan fingerprint density at radius 1 is 1.29 bits per heavy atom. The van der Waals surface area contributed by atoms with Gasteiger partial charge in [0.15, 0.2) is 0 Å². The third-order valence-corrected chi connectivity index (χ3v) is 3.88. The lowest BCUT2D eigenvalue weighted by Crippen LogP contribution is -2.42. The van der Waals surface area contributed by atoms with Gasteiger partial charge in [-0.2, -0.15) is 5.26 Å². The molecule has 1 unspecified atom stereocenters. The maximum absolute atomic E-state index is 8.82. The maximum atomic E-state index is 8.82. The smallest absolute Gasteiger partial charge is 0.0688 e. The Morgan fingerprint density at radius 3 is 2.64 bits per heavy atom. The van der Waals surface area contributed by atoms with Gasteiger partial charge in [0.05, 0.1) is 11.7 Å². The minimum atomic E-state index is 0.157. The minimum Gasteiger partial charge on any atom is -0.375 e. The second-order valence-corrected chi connectivity index (χ2v) is 5.31. The highest BCUT2D eigenvalue weighted by atomic mass is 16.5. The van der Waals surface area contributed by atoms with Crippen LogP contribution in [0.15, 0.2) is 0 Å². The first kappa shape index (κ1) is 9.98. The Balaban J connectivity index is 2.06. The molecule has 1 aliphatic carbocycles. The fourth-order valence-electron chi connectivity index (χ4n) is 3.11. The Bertz CT molecular complexity index is 250. The second kappa shape index (κ2) is 3.55. The van der Waals surface area contributed by atoms with Crippen LogP contribution in [0.1, 0.15) is 51.9 Å². The molecule has 2 rings (SSSR count). The molecular weight excluding hydrogens is 174 g/mol. The zero-order valence-electron chi connectivity index (χ0n) is 9.01. The van der Waals surface area contributed by atoms with Crippen molar-refractivity contribution in [3.63, 3.8) is 0 Å². The number of rotatable bonds is 1. The molecule has 1 saturated carbocycles. The summed E-state index contributed by atoms with van der Waals surface area (Å²) in [5, 5.41) is 8.82. The van der Waals surface area contributed by atoms with Crippen LogP contribution in [0.5, 0.6) is 0 Å². The monoisotopic (exact) mass is 193 g/mol. The van der Waals surface area contributed by atoms with Crippen molar-refractivity contribution >= 4 is 0 Å². The first-order chi connectivity index (χ1) is 6.68. The lowest BCUT2D eigenvalue weighted by atomic mass is 9.72. The van der Waals surface area contributed by atoms with Crippen molar-refractivity contribution in [1.82, 2.24) is 0 Å². The molecule has 0 aromatic carbocycles. The van der Waals surface area contributed by atoms with Crippen molar-refractivity contribution in [2.45, 2.75) is 57.5 Å². The average Bonchev–Trinajstić information content (AvgIpc) is 2.52. The highest BCUT2D eigenvalue weighted by Gasteiger charge is 2.44. The molecule has 2 nitrogen and oxygen atoms in total. The van der Waals surface area contributed by atoms with Crippen LogP contribution in [0, 0.1) is 16.7 Å². The lowest BCUT2D eigenvalue weighted by molar-refractivity contribution is -0.117. The summed E-state index contributed by atoms with van der Waals surface area (Å²) in [6.07, 6.45) is 7.90. The summed E-state index contributed by atoms with van der Waals surface area (Å²) in [5.74, 6) is 0. The molecule has 2 aliphatic rings. The Morgan fingerprint density at radius 2 is 2.00 bits per heavy atom. The molecule has 0 amide bonds. The van der Waals surface area contributed by atoms with Crippen molar-refractivity contribution < 1.29 is 4.74 Å². The summed E-state index contributed by atoms with van der Waals surface area (Å²) in [5.41, 5.74) is 0.376. The SMILES string of the molecule is CC1(CC#N)CCOC2(CCCC2)C1. The van der Waals surface area contributed by atoms with Crippen molar-refractivity contribution in [3.8, 4) is 6.07 Å². The summed E-state index contributed by atoms with van der Waals surface area (Å²) in [4.78, 5) is 0. The van der Waals surface area contributed by atoms with Gasteiger partial charge in [0.25, 0.3) is 0 Å². The minimum absolute atomic E-state index is 0.157. The molecule has 1 atom stereocenters. The van der Waals surface area contributed by atoms with E-state index in [4.69, 9.17) is 10.00 Å². The average molecular weight is 193 g/mol. The molecule has 1 spiro atoms. The number of hydrogen-bond acceptors (Lipinski definition) is 2. The van der Waals surface area contributed by atoms with Gasteiger partial charge in [-0.15, -0.1) is 0 Å². The van der Waals surface area contributed by atoms with E-state index in [0.717, 1.165) is 19.4 Å². The van der Waals surface area contributed by atoms with Crippen molar-refractivity contribution in [2.75, 3.05) is 6.61 Å². The normalized spacial score (nSPS) is 35.7. The number of hydrogen-bond donors (Lipinski definition) is 0. The van der Waals surface area contributed by atoms with E-state index in [9.17, 15) is 0 Å². The molecule has 0 aromatic heterocycles. The Kier molecular flexibility index (Phi) is 2.53. The third kappa shape index (κ3) is 1.79. The van der Waals surface area contributed by atoms with Crippen LogP contribution in [-0.2, 0) is 4.74 Å². The van der Waals surface area contributed by atoms with Crippen LogP contribution in [0.4, 0.5) is 0 Å². The zero-order valence-corrected chi connectivity index (χ0v) is 9.01. The predicted octanol–water partition coefficient (Wildman–Crippen LogP) is 3.03. The van der Waals surface area contributed by atoms with Crippen molar-refractivity contribution in [1.29, 1.82) is 5.26 Å². The van der Waals surface area contributed by atoms with Crippen LogP contribution in [-0.4, -0.2) is 12.2 Å². The van der Waals surface area contributed by atoms with E-state index in [1.807, 2.05) is 0 Å². The van der Waals surface area contributed by atoms with Crippen LogP contribution in [0.2, 0.25) is 0 Å². The van der Waals surface area contributed by atoms with Gasteiger partial charge in [0, 0.05) is 13.0 Å². The first-order valence-electron chi connectivity index (χ1n) is 5.69. The zero-order chi connectivity index (χ0) is 10.1.